The summed E-state index contributed by atoms with van der Waals surface area (Å²) in [5, 5.41) is 3.62. The van der Waals surface area contributed by atoms with Gasteiger partial charge in [-0.15, -0.1) is 0 Å². The summed E-state index contributed by atoms with van der Waals surface area (Å²) >= 11 is 0. The van der Waals surface area contributed by atoms with E-state index in [2.05, 4.69) is 64.1 Å². The number of benzene rings is 1. The molecule has 1 aromatic rings. The summed E-state index contributed by atoms with van der Waals surface area (Å²) in [7, 11) is 4.27. The van der Waals surface area contributed by atoms with Crippen LogP contribution in [-0.2, 0) is 0 Å². The lowest BCUT2D eigenvalue weighted by molar-refractivity contribution is 0.363. The van der Waals surface area contributed by atoms with Crippen LogP contribution in [0, 0.1) is 20.8 Å². The lowest BCUT2D eigenvalue weighted by atomic mass is 9.94. The Labute approximate surface area is 112 Å². The maximum absolute atomic E-state index is 3.62. The highest BCUT2D eigenvalue weighted by Crippen LogP contribution is 2.24. The van der Waals surface area contributed by atoms with Crippen LogP contribution in [0.2, 0.25) is 0 Å². The van der Waals surface area contributed by atoms with Crippen molar-refractivity contribution in [1.29, 1.82) is 0 Å². The zero-order valence-electron chi connectivity index (χ0n) is 12.8. The molecule has 1 unspecified atom stereocenters. The molecule has 0 amide bonds. The molecule has 0 radical (unpaired) electrons. The van der Waals surface area contributed by atoms with Crippen LogP contribution in [0.5, 0.6) is 0 Å². The van der Waals surface area contributed by atoms with E-state index in [1.54, 1.807) is 0 Å². The average Bonchev–Trinajstić information content (AvgIpc) is 2.29. The predicted molar refractivity (Wildman–Crippen MR) is 80.2 cm³/mol. The molecular formula is C16H28N2. The monoisotopic (exact) mass is 248 g/mol. The first-order valence-corrected chi connectivity index (χ1v) is 6.91. The Morgan fingerprint density at radius 3 is 2.22 bits per heavy atom. The van der Waals surface area contributed by atoms with Gasteiger partial charge in [0.25, 0.3) is 0 Å². The van der Waals surface area contributed by atoms with Crippen LogP contribution in [-0.4, -0.2) is 32.1 Å². The summed E-state index contributed by atoms with van der Waals surface area (Å²) in [5.41, 5.74) is 5.65. The van der Waals surface area contributed by atoms with Crippen LogP contribution in [0.25, 0.3) is 0 Å². The molecule has 1 atom stereocenters. The molecule has 0 aliphatic carbocycles. The number of hydrogen-bond donors (Lipinski definition) is 1. The Balaban J connectivity index is 2.94. The third-order valence-electron chi connectivity index (χ3n) is 3.57. The molecule has 0 heterocycles. The SMILES string of the molecule is CCNC(CCN(C)C)c1cc(C)c(C)cc1C. The molecule has 0 saturated heterocycles. The molecule has 1 rings (SSSR count). The van der Waals surface area contributed by atoms with Crippen LogP contribution in [0.1, 0.15) is 41.6 Å². The standard InChI is InChI=1S/C16H28N2/c1-7-17-16(8-9-18(5)6)15-11-13(3)12(2)10-14(15)4/h10-11,16-17H,7-9H2,1-6H3. The molecule has 2 nitrogen and oxygen atoms in total. The van der Waals surface area contributed by atoms with Gasteiger partial charge in [-0.05, 0) is 76.6 Å². The van der Waals surface area contributed by atoms with Crippen molar-refractivity contribution in [3.63, 3.8) is 0 Å². The molecular weight excluding hydrogens is 220 g/mol. The maximum atomic E-state index is 3.62. The summed E-state index contributed by atoms with van der Waals surface area (Å²) in [6.45, 7) is 10.9. The Bertz CT molecular complexity index is 383. The van der Waals surface area contributed by atoms with E-state index in [9.17, 15) is 0 Å². The van der Waals surface area contributed by atoms with Crippen molar-refractivity contribution >= 4 is 0 Å². The zero-order valence-corrected chi connectivity index (χ0v) is 12.8. The second-order valence-electron chi connectivity index (χ2n) is 5.50. The number of aryl methyl sites for hydroxylation is 3. The molecule has 0 aliphatic rings. The van der Waals surface area contributed by atoms with Gasteiger partial charge in [0.05, 0.1) is 0 Å². The lowest BCUT2D eigenvalue weighted by Crippen LogP contribution is -2.26. The molecule has 0 aromatic heterocycles. The highest BCUT2D eigenvalue weighted by molar-refractivity contribution is 5.38. The molecule has 102 valence electrons. The highest BCUT2D eigenvalue weighted by Gasteiger charge is 2.14. The Morgan fingerprint density at radius 1 is 1.06 bits per heavy atom. The Kier molecular flexibility index (Phi) is 5.83. The molecule has 2 heteroatoms. The second kappa shape index (κ2) is 6.91. The molecule has 18 heavy (non-hydrogen) atoms. The highest BCUT2D eigenvalue weighted by atomic mass is 15.1. The van der Waals surface area contributed by atoms with Crippen molar-refractivity contribution in [2.45, 2.75) is 40.2 Å². The second-order valence-corrected chi connectivity index (χ2v) is 5.50. The van der Waals surface area contributed by atoms with Crippen molar-refractivity contribution in [1.82, 2.24) is 10.2 Å². The number of nitrogens with one attached hydrogen (secondary N) is 1. The van der Waals surface area contributed by atoms with Crippen LogP contribution < -0.4 is 5.32 Å². The fourth-order valence-electron chi connectivity index (χ4n) is 2.36. The van der Waals surface area contributed by atoms with E-state index in [0.717, 1.165) is 19.5 Å². The topological polar surface area (TPSA) is 15.3 Å². The minimum atomic E-state index is 0.469. The van der Waals surface area contributed by atoms with Gasteiger partial charge in [0.15, 0.2) is 0 Å². The third-order valence-corrected chi connectivity index (χ3v) is 3.57. The van der Waals surface area contributed by atoms with Crippen molar-refractivity contribution in [3.8, 4) is 0 Å². The van der Waals surface area contributed by atoms with Gasteiger partial charge >= 0.3 is 0 Å². The molecule has 0 spiro atoms. The van der Waals surface area contributed by atoms with E-state index in [4.69, 9.17) is 0 Å². The maximum Gasteiger partial charge on any atom is 0.0335 e. The fourth-order valence-corrected chi connectivity index (χ4v) is 2.36. The first kappa shape index (κ1) is 15.2. The minimum Gasteiger partial charge on any atom is -0.310 e. The Hall–Kier alpha value is -0.860. The zero-order chi connectivity index (χ0) is 13.7. The lowest BCUT2D eigenvalue weighted by Gasteiger charge is -2.23. The quantitative estimate of drug-likeness (QED) is 0.831. The summed E-state index contributed by atoms with van der Waals surface area (Å²) < 4.78 is 0. The van der Waals surface area contributed by atoms with Gasteiger partial charge in [0.2, 0.25) is 0 Å². The van der Waals surface area contributed by atoms with Crippen LogP contribution in [0.15, 0.2) is 12.1 Å². The van der Waals surface area contributed by atoms with Crippen molar-refractivity contribution in [3.05, 3.63) is 34.4 Å². The van der Waals surface area contributed by atoms with Gasteiger partial charge in [-0.1, -0.05) is 19.1 Å². The van der Waals surface area contributed by atoms with Gasteiger partial charge in [-0.2, -0.15) is 0 Å². The van der Waals surface area contributed by atoms with Crippen LogP contribution in [0.4, 0.5) is 0 Å². The molecule has 0 fully saturated rings. The normalized spacial score (nSPS) is 13.1. The molecule has 0 aliphatic heterocycles. The summed E-state index contributed by atoms with van der Waals surface area (Å²) in [5.74, 6) is 0. The minimum absolute atomic E-state index is 0.469. The number of hydrogen-bond acceptors (Lipinski definition) is 2. The van der Waals surface area contributed by atoms with Gasteiger partial charge < -0.3 is 10.2 Å². The molecule has 1 N–H and O–H groups in total. The number of nitrogens with zero attached hydrogens (tertiary/aromatic N) is 1. The van der Waals surface area contributed by atoms with Gasteiger partial charge in [0.1, 0.15) is 0 Å². The molecule has 0 saturated carbocycles. The fraction of sp³-hybridized carbons (Fsp3) is 0.625. The summed E-state index contributed by atoms with van der Waals surface area (Å²) in [4.78, 5) is 2.25. The molecule has 1 aromatic carbocycles. The summed E-state index contributed by atoms with van der Waals surface area (Å²) in [6.07, 6.45) is 1.16. The van der Waals surface area contributed by atoms with Crippen molar-refractivity contribution < 1.29 is 0 Å². The van der Waals surface area contributed by atoms with E-state index in [1.165, 1.54) is 22.3 Å². The summed E-state index contributed by atoms with van der Waals surface area (Å²) in [6, 6.07) is 5.13. The van der Waals surface area contributed by atoms with Crippen LogP contribution in [0.3, 0.4) is 0 Å². The average molecular weight is 248 g/mol. The van der Waals surface area contributed by atoms with Crippen molar-refractivity contribution in [2.24, 2.45) is 0 Å². The van der Waals surface area contributed by atoms with Gasteiger partial charge in [-0.3, -0.25) is 0 Å². The first-order valence-electron chi connectivity index (χ1n) is 6.91. The van der Waals surface area contributed by atoms with E-state index < -0.39 is 0 Å². The van der Waals surface area contributed by atoms with E-state index in [1.807, 2.05) is 0 Å². The van der Waals surface area contributed by atoms with E-state index in [-0.39, 0.29) is 0 Å². The van der Waals surface area contributed by atoms with Crippen molar-refractivity contribution in [2.75, 3.05) is 27.2 Å². The largest absolute Gasteiger partial charge is 0.310 e. The number of rotatable bonds is 6. The van der Waals surface area contributed by atoms with E-state index in [0.29, 0.717) is 6.04 Å². The Morgan fingerprint density at radius 2 is 1.67 bits per heavy atom. The third kappa shape index (κ3) is 4.11. The molecule has 0 bridgehead atoms. The van der Waals surface area contributed by atoms with Gasteiger partial charge in [-0.25, -0.2) is 0 Å². The van der Waals surface area contributed by atoms with Crippen LogP contribution >= 0.6 is 0 Å². The predicted octanol–water partition coefficient (Wildman–Crippen LogP) is 3.21. The van der Waals surface area contributed by atoms with Gasteiger partial charge in [0, 0.05) is 6.04 Å². The van der Waals surface area contributed by atoms with E-state index >= 15 is 0 Å². The smallest absolute Gasteiger partial charge is 0.0335 e. The first-order chi connectivity index (χ1) is 8.45.